The van der Waals surface area contributed by atoms with Gasteiger partial charge in [-0.15, -0.1) is 0 Å². The third-order valence-electron chi connectivity index (χ3n) is 4.96. The summed E-state index contributed by atoms with van der Waals surface area (Å²) in [6.07, 6.45) is 1.67. The lowest BCUT2D eigenvalue weighted by molar-refractivity contribution is -0.121. The van der Waals surface area contributed by atoms with Gasteiger partial charge in [0.05, 0.1) is 32.1 Å². The number of anilines is 2. The summed E-state index contributed by atoms with van der Waals surface area (Å²) in [7, 11) is 0. The molecule has 2 heterocycles. The van der Waals surface area contributed by atoms with Gasteiger partial charge >= 0.3 is 0 Å². The van der Waals surface area contributed by atoms with Gasteiger partial charge in [-0.3, -0.25) is 9.59 Å². The molecule has 1 saturated heterocycles. The molecule has 1 aromatic carbocycles. The zero-order chi connectivity index (χ0) is 21.6. The summed E-state index contributed by atoms with van der Waals surface area (Å²) < 4.78 is 0. The van der Waals surface area contributed by atoms with Crippen molar-refractivity contribution in [3.8, 4) is 12.1 Å². The van der Waals surface area contributed by atoms with Gasteiger partial charge in [0.25, 0.3) is 0 Å². The monoisotopic (exact) mass is 457 g/mol. The molecule has 0 radical (unpaired) electrons. The number of pyridine rings is 1. The fourth-order valence-corrected chi connectivity index (χ4v) is 4.84. The molecule has 4 rings (SSSR count). The van der Waals surface area contributed by atoms with Crippen molar-refractivity contribution in [3.05, 3.63) is 44.9 Å². The number of carbonyl (C=O) groups excluding carboxylic acids is 2. The minimum atomic E-state index is -0.772. The van der Waals surface area contributed by atoms with Crippen LogP contribution in [0.4, 0.5) is 11.5 Å². The molecule has 0 spiro atoms. The maximum absolute atomic E-state index is 13.0. The zero-order valence-corrected chi connectivity index (χ0v) is 17.7. The van der Waals surface area contributed by atoms with Gasteiger partial charge in [0, 0.05) is 6.42 Å². The van der Waals surface area contributed by atoms with Crippen LogP contribution in [0.25, 0.3) is 0 Å². The van der Waals surface area contributed by atoms with Crippen molar-refractivity contribution in [1.29, 1.82) is 10.5 Å². The molecule has 2 fully saturated rings. The van der Waals surface area contributed by atoms with E-state index in [1.807, 2.05) is 6.07 Å². The summed E-state index contributed by atoms with van der Waals surface area (Å²) in [5.41, 5.74) is 7.34. The number of imide groups is 1. The molecular formula is C20H13Cl2N5O2S. The fourth-order valence-electron chi connectivity index (χ4n) is 3.42. The summed E-state index contributed by atoms with van der Waals surface area (Å²) in [5.74, 6) is -0.713. The Balaban J connectivity index is 1.68. The largest absolute Gasteiger partial charge is 0.383 e. The highest BCUT2D eigenvalue weighted by Gasteiger charge is 2.42. The van der Waals surface area contributed by atoms with E-state index in [1.165, 1.54) is 12.1 Å². The SMILES string of the molecule is N#Cc1c(N)nc(SC2CC(=O)N(c3ccc(Cl)c(Cl)c3)C2=O)c(C#N)c1C1CC1. The molecule has 0 bridgehead atoms. The average molecular weight is 458 g/mol. The number of carbonyl (C=O) groups is 2. The van der Waals surface area contributed by atoms with E-state index in [0.29, 0.717) is 16.3 Å². The van der Waals surface area contributed by atoms with Gasteiger partial charge in [-0.1, -0.05) is 35.0 Å². The van der Waals surface area contributed by atoms with E-state index in [4.69, 9.17) is 28.9 Å². The van der Waals surface area contributed by atoms with Crippen LogP contribution >= 0.6 is 35.0 Å². The number of aromatic nitrogens is 1. The molecule has 7 nitrogen and oxygen atoms in total. The molecule has 1 unspecified atom stereocenters. The van der Waals surface area contributed by atoms with E-state index in [2.05, 4.69) is 11.1 Å². The van der Waals surface area contributed by atoms with Crippen LogP contribution in [0.15, 0.2) is 23.2 Å². The van der Waals surface area contributed by atoms with Gasteiger partial charge in [0.15, 0.2) is 0 Å². The Labute approximate surface area is 186 Å². The summed E-state index contributed by atoms with van der Waals surface area (Å²) in [6.45, 7) is 0. The highest BCUT2D eigenvalue weighted by molar-refractivity contribution is 8.00. The first kappa shape index (κ1) is 20.5. The third-order valence-corrected chi connectivity index (χ3v) is 6.87. The lowest BCUT2D eigenvalue weighted by Crippen LogP contribution is -2.31. The Kier molecular flexibility index (Phi) is 5.33. The standard InChI is InChI=1S/C20H13Cl2N5O2S/c21-13-4-3-10(5-14(13)22)27-16(28)6-15(20(27)29)30-19-12(8-24)17(9-1-2-9)11(7-23)18(25)26-19/h3-5,9,15H,1-2,6H2,(H2,25,26). The Morgan fingerprint density at radius 2 is 1.83 bits per heavy atom. The molecule has 150 valence electrons. The first-order valence-electron chi connectivity index (χ1n) is 8.97. The minimum absolute atomic E-state index is 0.0269. The van der Waals surface area contributed by atoms with Crippen molar-refractivity contribution in [3.63, 3.8) is 0 Å². The van der Waals surface area contributed by atoms with Crippen molar-refractivity contribution in [2.24, 2.45) is 0 Å². The molecule has 1 saturated carbocycles. The predicted octanol–water partition coefficient (Wildman–Crippen LogP) is 4.02. The molecule has 10 heteroatoms. The zero-order valence-electron chi connectivity index (χ0n) is 15.4. The topological polar surface area (TPSA) is 124 Å². The number of hydrogen-bond acceptors (Lipinski definition) is 7. The van der Waals surface area contributed by atoms with Crippen molar-refractivity contribution in [2.75, 3.05) is 10.6 Å². The number of nitrogens with zero attached hydrogens (tertiary/aromatic N) is 4. The van der Waals surface area contributed by atoms with Crippen LogP contribution < -0.4 is 10.6 Å². The third kappa shape index (κ3) is 3.48. The van der Waals surface area contributed by atoms with Crippen LogP contribution in [0.3, 0.4) is 0 Å². The van der Waals surface area contributed by atoms with E-state index < -0.39 is 17.1 Å². The maximum atomic E-state index is 13.0. The number of nitrogen functional groups attached to an aromatic ring is 1. The molecule has 30 heavy (non-hydrogen) atoms. The second kappa shape index (κ2) is 7.81. The molecule has 1 atom stereocenters. The number of rotatable bonds is 4. The van der Waals surface area contributed by atoms with Gasteiger partial charge < -0.3 is 5.73 Å². The van der Waals surface area contributed by atoms with Crippen LogP contribution in [-0.2, 0) is 9.59 Å². The molecule has 2 aromatic rings. The number of nitrogens with two attached hydrogens (primary N) is 1. The van der Waals surface area contributed by atoms with Crippen LogP contribution in [0.2, 0.25) is 10.0 Å². The van der Waals surface area contributed by atoms with Crippen molar-refractivity contribution in [1.82, 2.24) is 4.98 Å². The number of nitriles is 2. The lowest BCUT2D eigenvalue weighted by atomic mass is 10.0. The van der Waals surface area contributed by atoms with Gasteiger partial charge in [-0.2, -0.15) is 10.5 Å². The summed E-state index contributed by atoms with van der Waals surface area (Å²) in [5, 5.41) is 19.2. The summed E-state index contributed by atoms with van der Waals surface area (Å²) >= 11 is 13.0. The van der Waals surface area contributed by atoms with Crippen LogP contribution in [0.1, 0.15) is 41.9 Å². The molecule has 2 N–H and O–H groups in total. The van der Waals surface area contributed by atoms with E-state index >= 15 is 0 Å². The summed E-state index contributed by atoms with van der Waals surface area (Å²) in [4.78, 5) is 30.8. The Hall–Kier alpha value is -2.78. The van der Waals surface area contributed by atoms with E-state index in [9.17, 15) is 20.1 Å². The van der Waals surface area contributed by atoms with Gasteiger partial charge in [0.1, 0.15) is 23.0 Å². The quantitative estimate of drug-likeness (QED) is 0.687. The Morgan fingerprint density at radius 3 is 2.43 bits per heavy atom. The highest BCUT2D eigenvalue weighted by Crippen LogP contribution is 2.47. The van der Waals surface area contributed by atoms with Gasteiger partial charge in [-0.05, 0) is 42.5 Å². The maximum Gasteiger partial charge on any atom is 0.247 e. The van der Waals surface area contributed by atoms with Crippen LogP contribution in [0, 0.1) is 22.7 Å². The van der Waals surface area contributed by atoms with Crippen LogP contribution in [-0.4, -0.2) is 22.0 Å². The minimum Gasteiger partial charge on any atom is -0.383 e. The number of halogens is 2. The Bertz CT molecular complexity index is 1180. The summed E-state index contributed by atoms with van der Waals surface area (Å²) in [6, 6.07) is 8.66. The smallest absolute Gasteiger partial charge is 0.247 e. The normalized spacial score (nSPS) is 18.4. The van der Waals surface area contributed by atoms with Crippen molar-refractivity contribution in [2.45, 2.75) is 35.5 Å². The van der Waals surface area contributed by atoms with Crippen LogP contribution in [0.5, 0.6) is 0 Å². The molecule has 1 aliphatic heterocycles. The number of amides is 2. The van der Waals surface area contributed by atoms with E-state index in [0.717, 1.165) is 29.5 Å². The second-order valence-corrected chi connectivity index (χ2v) is 8.95. The predicted molar refractivity (Wildman–Crippen MR) is 113 cm³/mol. The number of thioether (sulfide) groups is 1. The van der Waals surface area contributed by atoms with Gasteiger partial charge in [0.2, 0.25) is 11.8 Å². The highest BCUT2D eigenvalue weighted by atomic mass is 35.5. The molecule has 1 aliphatic carbocycles. The fraction of sp³-hybridized carbons (Fsp3) is 0.250. The number of hydrogen-bond donors (Lipinski definition) is 1. The molecule has 2 amide bonds. The molecule has 1 aromatic heterocycles. The van der Waals surface area contributed by atoms with E-state index in [1.54, 1.807) is 6.07 Å². The second-order valence-electron chi connectivity index (χ2n) is 6.94. The van der Waals surface area contributed by atoms with Gasteiger partial charge in [-0.25, -0.2) is 9.88 Å². The number of benzene rings is 1. The van der Waals surface area contributed by atoms with E-state index in [-0.39, 0.29) is 39.3 Å². The average Bonchev–Trinajstić information content (AvgIpc) is 3.50. The lowest BCUT2D eigenvalue weighted by Gasteiger charge is -2.16. The van der Waals surface area contributed by atoms with Crippen molar-refractivity contribution < 1.29 is 9.59 Å². The van der Waals surface area contributed by atoms with Crippen molar-refractivity contribution >= 4 is 58.3 Å². The Morgan fingerprint density at radius 1 is 1.13 bits per heavy atom. The molecular weight excluding hydrogens is 445 g/mol. The molecule has 2 aliphatic rings. The first-order chi connectivity index (χ1) is 14.3. The first-order valence-corrected chi connectivity index (χ1v) is 10.6.